The van der Waals surface area contributed by atoms with Gasteiger partial charge in [-0.15, -0.1) is 0 Å². The standard InChI is InChI=1S/C18H17N5O/c1-12-9-21-16(11-20-12)18(24)23-7-4-13(5-8-23)15-10-22-17-14(15)3-2-6-19-17/h2-4,6,9-11H,5,7-8H2,1H3,(H,19,22). The molecule has 4 heterocycles. The summed E-state index contributed by atoms with van der Waals surface area (Å²) < 4.78 is 0. The van der Waals surface area contributed by atoms with Crippen molar-refractivity contribution in [2.45, 2.75) is 13.3 Å². The molecule has 0 unspecified atom stereocenters. The molecule has 6 heteroatoms. The second kappa shape index (κ2) is 5.88. The number of carbonyl (C=O) groups excluding carboxylic acids is 1. The predicted molar refractivity (Wildman–Crippen MR) is 91.4 cm³/mol. The van der Waals surface area contributed by atoms with Crippen molar-refractivity contribution in [3.63, 3.8) is 0 Å². The van der Waals surface area contributed by atoms with Crippen LogP contribution in [0, 0.1) is 6.92 Å². The SMILES string of the molecule is Cc1cnc(C(=O)N2CC=C(c3c[nH]c4ncccc34)CC2)cn1. The summed E-state index contributed by atoms with van der Waals surface area (Å²) in [4.78, 5) is 30.1. The molecule has 0 bridgehead atoms. The van der Waals surface area contributed by atoms with Gasteiger partial charge in [-0.2, -0.15) is 0 Å². The van der Waals surface area contributed by atoms with Gasteiger partial charge in [0.15, 0.2) is 0 Å². The number of fused-ring (bicyclic) bond motifs is 1. The van der Waals surface area contributed by atoms with E-state index in [0.717, 1.165) is 23.1 Å². The highest BCUT2D eigenvalue weighted by molar-refractivity contribution is 5.94. The van der Waals surface area contributed by atoms with Crippen molar-refractivity contribution in [3.05, 3.63) is 59.9 Å². The minimum Gasteiger partial charge on any atom is -0.346 e. The van der Waals surface area contributed by atoms with E-state index in [-0.39, 0.29) is 5.91 Å². The highest BCUT2D eigenvalue weighted by atomic mass is 16.2. The lowest BCUT2D eigenvalue weighted by Gasteiger charge is -2.26. The Morgan fingerprint density at radius 2 is 2.17 bits per heavy atom. The van der Waals surface area contributed by atoms with E-state index >= 15 is 0 Å². The maximum atomic E-state index is 12.5. The third-order valence-electron chi connectivity index (χ3n) is 4.29. The van der Waals surface area contributed by atoms with Crippen LogP contribution in [0.25, 0.3) is 16.6 Å². The molecular weight excluding hydrogens is 302 g/mol. The molecule has 0 saturated heterocycles. The smallest absolute Gasteiger partial charge is 0.274 e. The molecule has 1 aliphatic heterocycles. The second-order valence-corrected chi connectivity index (χ2v) is 5.88. The van der Waals surface area contributed by atoms with Crippen molar-refractivity contribution in [1.29, 1.82) is 0 Å². The van der Waals surface area contributed by atoms with Gasteiger partial charge in [0, 0.05) is 42.6 Å². The summed E-state index contributed by atoms with van der Waals surface area (Å²) in [6.07, 6.45) is 9.86. The monoisotopic (exact) mass is 319 g/mol. The summed E-state index contributed by atoms with van der Waals surface area (Å²) in [5.41, 5.74) is 4.50. The third kappa shape index (κ3) is 2.56. The zero-order valence-electron chi connectivity index (χ0n) is 13.4. The summed E-state index contributed by atoms with van der Waals surface area (Å²) in [6.45, 7) is 3.11. The number of nitrogens with zero attached hydrogens (tertiary/aromatic N) is 4. The Morgan fingerprint density at radius 3 is 2.92 bits per heavy atom. The van der Waals surface area contributed by atoms with Gasteiger partial charge in [-0.25, -0.2) is 9.97 Å². The molecule has 0 aromatic carbocycles. The van der Waals surface area contributed by atoms with Crippen LogP contribution in [0.2, 0.25) is 0 Å². The fraction of sp³-hybridized carbons (Fsp3) is 0.222. The number of H-pyrrole nitrogens is 1. The van der Waals surface area contributed by atoms with Gasteiger partial charge < -0.3 is 9.88 Å². The van der Waals surface area contributed by atoms with Crippen molar-refractivity contribution in [3.8, 4) is 0 Å². The minimum absolute atomic E-state index is 0.0709. The Hall–Kier alpha value is -3.02. The minimum atomic E-state index is -0.0709. The molecule has 1 amide bonds. The topological polar surface area (TPSA) is 74.8 Å². The third-order valence-corrected chi connectivity index (χ3v) is 4.29. The van der Waals surface area contributed by atoms with E-state index in [9.17, 15) is 4.79 Å². The zero-order valence-corrected chi connectivity index (χ0v) is 13.4. The van der Waals surface area contributed by atoms with Gasteiger partial charge in [0.1, 0.15) is 11.3 Å². The number of amides is 1. The fourth-order valence-corrected chi connectivity index (χ4v) is 2.98. The number of pyridine rings is 1. The number of aromatic nitrogens is 4. The molecule has 0 aliphatic carbocycles. The normalized spacial score (nSPS) is 14.7. The fourth-order valence-electron chi connectivity index (χ4n) is 2.98. The summed E-state index contributed by atoms with van der Waals surface area (Å²) in [5, 5.41) is 1.12. The molecule has 4 rings (SSSR count). The Bertz CT molecular complexity index is 926. The van der Waals surface area contributed by atoms with E-state index < -0.39 is 0 Å². The molecule has 3 aromatic rings. The molecule has 0 radical (unpaired) electrons. The lowest BCUT2D eigenvalue weighted by molar-refractivity contribution is 0.0766. The molecular formula is C18H17N5O. The summed E-state index contributed by atoms with van der Waals surface area (Å²) in [5.74, 6) is -0.0709. The first-order chi connectivity index (χ1) is 11.7. The summed E-state index contributed by atoms with van der Waals surface area (Å²) in [7, 11) is 0. The lowest BCUT2D eigenvalue weighted by Crippen LogP contribution is -2.35. The van der Waals surface area contributed by atoms with Crippen LogP contribution in [0.4, 0.5) is 0 Å². The van der Waals surface area contributed by atoms with E-state index in [0.29, 0.717) is 18.8 Å². The van der Waals surface area contributed by atoms with Crippen LogP contribution in [0.1, 0.15) is 28.2 Å². The summed E-state index contributed by atoms with van der Waals surface area (Å²) in [6, 6.07) is 4.00. The molecule has 6 nitrogen and oxygen atoms in total. The van der Waals surface area contributed by atoms with E-state index in [1.165, 1.54) is 11.1 Å². The Labute approximate surface area is 139 Å². The van der Waals surface area contributed by atoms with Crippen LogP contribution in [0.15, 0.2) is 43.0 Å². The van der Waals surface area contributed by atoms with Crippen molar-refractivity contribution in [1.82, 2.24) is 24.8 Å². The van der Waals surface area contributed by atoms with Crippen LogP contribution in [-0.2, 0) is 0 Å². The first-order valence-electron chi connectivity index (χ1n) is 7.92. The number of nitrogens with one attached hydrogen (secondary N) is 1. The largest absolute Gasteiger partial charge is 0.346 e. The zero-order chi connectivity index (χ0) is 16.5. The average Bonchev–Trinajstić information content (AvgIpc) is 3.06. The van der Waals surface area contributed by atoms with Gasteiger partial charge in [0.05, 0.1) is 11.9 Å². The number of aryl methyl sites for hydroxylation is 1. The molecule has 0 fully saturated rings. The maximum absolute atomic E-state index is 12.5. The Balaban J connectivity index is 1.55. The average molecular weight is 319 g/mol. The van der Waals surface area contributed by atoms with E-state index in [2.05, 4.69) is 32.1 Å². The quantitative estimate of drug-likeness (QED) is 0.788. The number of carbonyl (C=O) groups is 1. The molecule has 120 valence electrons. The molecule has 0 atom stereocenters. The Morgan fingerprint density at radius 1 is 1.25 bits per heavy atom. The van der Waals surface area contributed by atoms with Gasteiger partial charge >= 0.3 is 0 Å². The van der Waals surface area contributed by atoms with Crippen LogP contribution in [0.3, 0.4) is 0 Å². The summed E-state index contributed by atoms with van der Waals surface area (Å²) >= 11 is 0. The van der Waals surface area contributed by atoms with Crippen LogP contribution < -0.4 is 0 Å². The molecule has 24 heavy (non-hydrogen) atoms. The highest BCUT2D eigenvalue weighted by Crippen LogP contribution is 2.28. The molecule has 1 aliphatic rings. The maximum Gasteiger partial charge on any atom is 0.274 e. The highest BCUT2D eigenvalue weighted by Gasteiger charge is 2.21. The van der Waals surface area contributed by atoms with Gasteiger partial charge in [-0.05, 0) is 31.1 Å². The van der Waals surface area contributed by atoms with Crippen molar-refractivity contribution < 1.29 is 4.79 Å². The second-order valence-electron chi connectivity index (χ2n) is 5.88. The van der Waals surface area contributed by atoms with Crippen molar-refractivity contribution >= 4 is 22.5 Å². The van der Waals surface area contributed by atoms with Crippen LogP contribution >= 0.6 is 0 Å². The number of rotatable bonds is 2. The van der Waals surface area contributed by atoms with Gasteiger partial charge in [-0.1, -0.05) is 6.08 Å². The molecule has 0 spiro atoms. The number of hydrogen-bond acceptors (Lipinski definition) is 4. The van der Waals surface area contributed by atoms with Crippen LogP contribution in [0.5, 0.6) is 0 Å². The van der Waals surface area contributed by atoms with E-state index in [1.807, 2.05) is 19.2 Å². The van der Waals surface area contributed by atoms with Gasteiger partial charge in [-0.3, -0.25) is 9.78 Å². The first kappa shape index (κ1) is 14.6. The first-order valence-corrected chi connectivity index (χ1v) is 7.92. The van der Waals surface area contributed by atoms with Gasteiger partial charge in [0.25, 0.3) is 5.91 Å². The predicted octanol–water partition coefficient (Wildman–Crippen LogP) is 2.59. The van der Waals surface area contributed by atoms with Crippen molar-refractivity contribution in [2.75, 3.05) is 13.1 Å². The number of hydrogen-bond donors (Lipinski definition) is 1. The van der Waals surface area contributed by atoms with E-state index in [4.69, 9.17) is 0 Å². The van der Waals surface area contributed by atoms with Crippen molar-refractivity contribution in [2.24, 2.45) is 0 Å². The van der Waals surface area contributed by atoms with Gasteiger partial charge in [0.2, 0.25) is 0 Å². The molecule has 1 N–H and O–H groups in total. The number of aromatic amines is 1. The Kier molecular flexibility index (Phi) is 3.57. The lowest BCUT2D eigenvalue weighted by atomic mass is 9.99. The van der Waals surface area contributed by atoms with Crippen LogP contribution in [-0.4, -0.2) is 43.8 Å². The molecule has 3 aromatic heterocycles. The molecule has 0 saturated carbocycles. The van der Waals surface area contributed by atoms with E-state index in [1.54, 1.807) is 23.5 Å².